The van der Waals surface area contributed by atoms with Crippen LogP contribution < -0.4 is 0 Å². The quantitative estimate of drug-likeness (QED) is 0.488. The molecule has 2 aromatic rings. The molecule has 0 saturated carbocycles. The zero-order chi connectivity index (χ0) is 15.9. The molecule has 0 radical (unpaired) electrons. The molecule has 0 spiro atoms. The van der Waals surface area contributed by atoms with Crippen molar-refractivity contribution in [2.24, 2.45) is 4.99 Å². The van der Waals surface area contributed by atoms with Gasteiger partial charge in [-0.2, -0.15) is 0 Å². The third kappa shape index (κ3) is 3.91. The summed E-state index contributed by atoms with van der Waals surface area (Å²) in [6.45, 7) is 2.16. The van der Waals surface area contributed by atoms with Gasteiger partial charge in [0.25, 0.3) is 0 Å². The van der Waals surface area contributed by atoms with Crippen LogP contribution in [0.5, 0.6) is 5.75 Å². The molecule has 1 N–H and O–H groups in total. The standard InChI is InChI=1S/C17H18N2O3/c1-2-3-5-13-8-10-15(11-9-13)18-12-14-6-4-7-16(17(14)20)19(21)22/h4,6-12,20H,2-3,5H2,1H3. The van der Waals surface area contributed by atoms with E-state index in [1.54, 1.807) is 6.07 Å². The molecule has 5 nitrogen and oxygen atoms in total. The number of hydrogen-bond donors (Lipinski definition) is 1. The van der Waals surface area contributed by atoms with Gasteiger partial charge < -0.3 is 5.11 Å². The molecular weight excluding hydrogens is 280 g/mol. The summed E-state index contributed by atoms with van der Waals surface area (Å²) >= 11 is 0. The van der Waals surface area contributed by atoms with Crippen molar-refractivity contribution >= 4 is 17.6 Å². The van der Waals surface area contributed by atoms with Crippen molar-refractivity contribution in [2.45, 2.75) is 26.2 Å². The summed E-state index contributed by atoms with van der Waals surface area (Å²) in [7, 11) is 0. The number of unbranched alkanes of at least 4 members (excludes halogenated alkanes) is 1. The maximum absolute atomic E-state index is 10.8. The fourth-order valence-corrected chi connectivity index (χ4v) is 2.07. The van der Waals surface area contributed by atoms with Gasteiger partial charge in [-0.15, -0.1) is 0 Å². The number of rotatable bonds is 6. The van der Waals surface area contributed by atoms with Gasteiger partial charge in [0.1, 0.15) is 0 Å². The number of phenols is 1. The first-order valence-corrected chi connectivity index (χ1v) is 7.21. The monoisotopic (exact) mass is 298 g/mol. The first kappa shape index (κ1) is 15.7. The second-order valence-electron chi connectivity index (χ2n) is 5.00. The number of phenolic OH excluding ortho intramolecular Hbond substituents is 1. The largest absolute Gasteiger partial charge is 0.502 e. The average molecular weight is 298 g/mol. The molecule has 114 valence electrons. The number of para-hydroxylation sites is 1. The van der Waals surface area contributed by atoms with Crippen LogP contribution in [-0.4, -0.2) is 16.2 Å². The zero-order valence-electron chi connectivity index (χ0n) is 12.4. The Morgan fingerprint density at radius 1 is 1.23 bits per heavy atom. The molecule has 22 heavy (non-hydrogen) atoms. The van der Waals surface area contributed by atoms with Crippen LogP contribution in [0.2, 0.25) is 0 Å². The Balaban J connectivity index is 2.15. The van der Waals surface area contributed by atoms with E-state index >= 15 is 0 Å². The summed E-state index contributed by atoms with van der Waals surface area (Å²) in [5.74, 6) is -0.365. The van der Waals surface area contributed by atoms with E-state index in [2.05, 4.69) is 11.9 Å². The van der Waals surface area contributed by atoms with Crippen LogP contribution >= 0.6 is 0 Å². The van der Waals surface area contributed by atoms with E-state index in [0.717, 1.165) is 24.9 Å². The van der Waals surface area contributed by atoms with E-state index in [1.807, 2.05) is 24.3 Å². The maximum Gasteiger partial charge on any atom is 0.311 e. The summed E-state index contributed by atoms with van der Waals surface area (Å²) in [5, 5.41) is 20.6. The highest BCUT2D eigenvalue weighted by atomic mass is 16.6. The highest BCUT2D eigenvalue weighted by Crippen LogP contribution is 2.28. The zero-order valence-corrected chi connectivity index (χ0v) is 12.4. The normalized spacial score (nSPS) is 11.0. The van der Waals surface area contributed by atoms with Gasteiger partial charge in [-0.05, 0) is 36.6 Å². The molecule has 0 aromatic heterocycles. The second kappa shape index (κ2) is 7.36. The number of nitrogens with zero attached hydrogens (tertiary/aromatic N) is 2. The van der Waals surface area contributed by atoms with Gasteiger partial charge in [-0.1, -0.05) is 31.5 Å². The first-order valence-electron chi connectivity index (χ1n) is 7.21. The molecule has 2 rings (SSSR count). The van der Waals surface area contributed by atoms with Gasteiger partial charge in [0.15, 0.2) is 0 Å². The summed E-state index contributed by atoms with van der Waals surface area (Å²) in [4.78, 5) is 14.4. The summed E-state index contributed by atoms with van der Waals surface area (Å²) in [5.41, 5.74) is 2.01. The van der Waals surface area contributed by atoms with Crippen molar-refractivity contribution in [3.63, 3.8) is 0 Å². The van der Waals surface area contributed by atoms with Gasteiger partial charge in [0, 0.05) is 17.8 Å². The number of aryl methyl sites for hydroxylation is 1. The number of benzene rings is 2. The predicted octanol–water partition coefficient (Wildman–Crippen LogP) is 4.39. The molecule has 0 unspecified atom stereocenters. The number of nitro benzene ring substituents is 1. The molecule has 0 amide bonds. The van der Waals surface area contributed by atoms with Crippen molar-refractivity contribution in [2.75, 3.05) is 0 Å². The third-order valence-corrected chi connectivity index (χ3v) is 3.35. The lowest BCUT2D eigenvalue weighted by Crippen LogP contribution is -1.91. The van der Waals surface area contributed by atoms with Crippen LogP contribution in [0.4, 0.5) is 11.4 Å². The summed E-state index contributed by atoms with van der Waals surface area (Å²) < 4.78 is 0. The molecule has 0 saturated heterocycles. The second-order valence-corrected chi connectivity index (χ2v) is 5.00. The van der Waals surface area contributed by atoms with Gasteiger partial charge in [0.05, 0.1) is 10.6 Å². The highest BCUT2D eigenvalue weighted by molar-refractivity contribution is 5.87. The van der Waals surface area contributed by atoms with Crippen LogP contribution in [0.15, 0.2) is 47.5 Å². The van der Waals surface area contributed by atoms with Crippen molar-refractivity contribution in [3.05, 3.63) is 63.7 Å². The highest BCUT2D eigenvalue weighted by Gasteiger charge is 2.14. The topological polar surface area (TPSA) is 75.7 Å². The number of aromatic hydroxyl groups is 1. The molecule has 0 aliphatic heterocycles. The molecule has 0 bridgehead atoms. The van der Waals surface area contributed by atoms with Gasteiger partial charge in [-0.3, -0.25) is 15.1 Å². The Bertz CT molecular complexity index is 679. The Labute approximate surface area is 129 Å². The smallest absolute Gasteiger partial charge is 0.311 e. The van der Waals surface area contributed by atoms with Gasteiger partial charge in [0.2, 0.25) is 5.75 Å². The molecule has 0 fully saturated rings. The summed E-state index contributed by atoms with van der Waals surface area (Å²) in [6, 6.07) is 12.2. The first-order chi connectivity index (χ1) is 10.6. The Hall–Kier alpha value is -2.69. The Morgan fingerprint density at radius 2 is 1.95 bits per heavy atom. The van der Waals surface area contributed by atoms with Crippen LogP contribution in [0.3, 0.4) is 0 Å². The molecule has 0 aliphatic carbocycles. The van der Waals surface area contributed by atoms with Crippen LogP contribution in [0.1, 0.15) is 30.9 Å². The number of hydrogen-bond acceptors (Lipinski definition) is 4. The lowest BCUT2D eigenvalue weighted by Gasteiger charge is -2.01. The minimum absolute atomic E-state index is 0.320. The number of aliphatic imine (C=N–C) groups is 1. The van der Waals surface area contributed by atoms with Crippen LogP contribution in [-0.2, 0) is 6.42 Å². The molecule has 2 aromatic carbocycles. The van der Waals surface area contributed by atoms with Crippen LogP contribution in [0.25, 0.3) is 0 Å². The fraction of sp³-hybridized carbons (Fsp3) is 0.235. The van der Waals surface area contributed by atoms with E-state index in [1.165, 1.54) is 23.9 Å². The molecular formula is C17H18N2O3. The lowest BCUT2D eigenvalue weighted by molar-refractivity contribution is -0.385. The predicted molar refractivity (Wildman–Crippen MR) is 87.1 cm³/mol. The molecule has 0 aliphatic rings. The van der Waals surface area contributed by atoms with Gasteiger partial charge in [-0.25, -0.2) is 0 Å². The van der Waals surface area contributed by atoms with Crippen molar-refractivity contribution in [3.8, 4) is 5.75 Å². The van der Waals surface area contributed by atoms with E-state index in [0.29, 0.717) is 5.56 Å². The van der Waals surface area contributed by atoms with Gasteiger partial charge >= 0.3 is 5.69 Å². The van der Waals surface area contributed by atoms with E-state index in [4.69, 9.17) is 0 Å². The Kier molecular flexibility index (Phi) is 5.25. The molecule has 0 atom stereocenters. The minimum atomic E-state index is -0.616. The molecule has 5 heteroatoms. The van der Waals surface area contributed by atoms with Crippen molar-refractivity contribution in [1.29, 1.82) is 0 Å². The van der Waals surface area contributed by atoms with E-state index < -0.39 is 4.92 Å². The van der Waals surface area contributed by atoms with Crippen molar-refractivity contribution in [1.82, 2.24) is 0 Å². The maximum atomic E-state index is 10.8. The van der Waals surface area contributed by atoms with E-state index in [-0.39, 0.29) is 11.4 Å². The summed E-state index contributed by atoms with van der Waals surface area (Å²) in [6.07, 6.45) is 4.80. The van der Waals surface area contributed by atoms with Crippen LogP contribution in [0, 0.1) is 10.1 Å². The third-order valence-electron chi connectivity index (χ3n) is 3.35. The lowest BCUT2D eigenvalue weighted by atomic mass is 10.1. The molecule has 0 heterocycles. The Morgan fingerprint density at radius 3 is 2.59 bits per heavy atom. The van der Waals surface area contributed by atoms with E-state index in [9.17, 15) is 15.2 Å². The SMILES string of the molecule is CCCCc1ccc(N=Cc2cccc([N+](=O)[O-])c2O)cc1. The average Bonchev–Trinajstić information content (AvgIpc) is 2.52. The minimum Gasteiger partial charge on any atom is -0.502 e. The number of nitro groups is 1. The fourth-order valence-electron chi connectivity index (χ4n) is 2.07. The van der Waals surface area contributed by atoms with Crippen molar-refractivity contribution < 1.29 is 10.0 Å².